The Hall–Kier alpha value is -2.55. The molecule has 0 bridgehead atoms. The Balaban J connectivity index is 1.95. The van der Waals surface area contributed by atoms with Gasteiger partial charge in [-0.05, 0) is 29.7 Å². The molecule has 3 aromatic rings. The molecule has 0 unspecified atom stereocenters. The molecule has 0 aliphatic heterocycles. The Bertz CT molecular complexity index is 729. The summed E-state index contributed by atoms with van der Waals surface area (Å²) in [4.78, 5) is 13.8. The maximum Gasteiger partial charge on any atom is 0.352 e. The molecular formula is C16H13NO2. The summed E-state index contributed by atoms with van der Waals surface area (Å²) in [6.45, 7) is 0. The molecule has 3 heteroatoms. The SMILES string of the molecule is O=C(O)c1cc2ccc(Cc3ccccc3)cc2[nH]1. The van der Waals surface area contributed by atoms with Gasteiger partial charge in [0.15, 0.2) is 0 Å². The Labute approximate surface area is 110 Å². The second-order valence-electron chi connectivity index (χ2n) is 4.57. The maximum absolute atomic E-state index is 10.9. The van der Waals surface area contributed by atoms with Crippen molar-refractivity contribution in [3.05, 3.63) is 71.4 Å². The van der Waals surface area contributed by atoms with Crippen LogP contribution in [0.2, 0.25) is 0 Å². The molecule has 1 heterocycles. The third kappa shape index (κ3) is 2.36. The number of nitrogens with one attached hydrogen (secondary N) is 1. The van der Waals surface area contributed by atoms with Crippen LogP contribution >= 0.6 is 0 Å². The molecule has 3 nitrogen and oxygen atoms in total. The number of hydrogen-bond donors (Lipinski definition) is 2. The number of hydrogen-bond acceptors (Lipinski definition) is 1. The van der Waals surface area contributed by atoms with Gasteiger partial charge in [0.2, 0.25) is 0 Å². The molecule has 0 aliphatic rings. The fourth-order valence-electron chi connectivity index (χ4n) is 2.23. The number of fused-ring (bicyclic) bond motifs is 1. The number of aromatic carboxylic acids is 1. The van der Waals surface area contributed by atoms with Gasteiger partial charge in [-0.2, -0.15) is 0 Å². The lowest BCUT2D eigenvalue weighted by molar-refractivity contribution is 0.0691. The minimum Gasteiger partial charge on any atom is -0.477 e. The lowest BCUT2D eigenvalue weighted by atomic mass is 10.0. The van der Waals surface area contributed by atoms with Gasteiger partial charge in [0.25, 0.3) is 0 Å². The topological polar surface area (TPSA) is 53.1 Å². The van der Waals surface area contributed by atoms with Crippen LogP contribution in [0.5, 0.6) is 0 Å². The Morgan fingerprint density at radius 1 is 1.00 bits per heavy atom. The zero-order chi connectivity index (χ0) is 13.2. The van der Waals surface area contributed by atoms with Crippen LogP contribution in [0.25, 0.3) is 10.9 Å². The van der Waals surface area contributed by atoms with Crippen LogP contribution in [-0.2, 0) is 6.42 Å². The van der Waals surface area contributed by atoms with Crippen molar-refractivity contribution in [2.24, 2.45) is 0 Å². The van der Waals surface area contributed by atoms with E-state index in [4.69, 9.17) is 5.11 Å². The highest BCUT2D eigenvalue weighted by atomic mass is 16.4. The molecular weight excluding hydrogens is 238 g/mol. The second-order valence-corrected chi connectivity index (χ2v) is 4.57. The van der Waals surface area contributed by atoms with Gasteiger partial charge in [-0.1, -0.05) is 42.5 Å². The molecule has 0 aliphatic carbocycles. The highest BCUT2D eigenvalue weighted by Crippen LogP contribution is 2.19. The van der Waals surface area contributed by atoms with Crippen molar-refractivity contribution < 1.29 is 9.90 Å². The first-order chi connectivity index (χ1) is 9.22. The average molecular weight is 251 g/mol. The van der Waals surface area contributed by atoms with Crippen LogP contribution in [0.15, 0.2) is 54.6 Å². The summed E-state index contributed by atoms with van der Waals surface area (Å²) < 4.78 is 0. The minimum atomic E-state index is -0.930. The highest BCUT2D eigenvalue weighted by molar-refractivity contribution is 5.93. The van der Waals surface area contributed by atoms with E-state index < -0.39 is 5.97 Å². The Morgan fingerprint density at radius 3 is 2.53 bits per heavy atom. The number of carboxylic acids is 1. The van der Waals surface area contributed by atoms with E-state index in [1.807, 2.05) is 36.4 Å². The molecule has 1 aromatic heterocycles. The van der Waals surface area contributed by atoms with E-state index in [0.29, 0.717) is 0 Å². The fraction of sp³-hybridized carbons (Fsp3) is 0.0625. The van der Waals surface area contributed by atoms with Gasteiger partial charge in [0, 0.05) is 10.9 Å². The smallest absolute Gasteiger partial charge is 0.352 e. The van der Waals surface area contributed by atoms with Crippen LogP contribution < -0.4 is 0 Å². The van der Waals surface area contributed by atoms with Crippen molar-refractivity contribution in [1.29, 1.82) is 0 Å². The molecule has 94 valence electrons. The number of aromatic nitrogens is 1. The first-order valence-corrected chi connectivity index (χ1v) is 6.11. The lowest BCUT2D eigenvalue weighted by Crippen LogP contribution is -1.94. The summed E-state index contributed by atoms with van der Waals surface area (Å²) in [6, 6.07) is 17.9. The van der Waals surface area contributed by atoms with E-state index >= 15 is 0 Å². The van der Waals surface area contributed by atoms with Gasteiger partial charge in [0.05, 0.1) is 0 Å². The third-order valence-corrected chi connectivity index (χ3v) is 3.17. The van der Waals surface area contributed by atoms with Crippen LogP contribution in [0.4, 0.5) is 0 Å². The first-order valence-electron chi connectivity index (χ1n) is 6.11. The zero-order valence-electron chi connectivity index (χ0n) is 10.3. The van der Waals surface area contributed by atoms with Gasteiger partial charge in [0.1, 0.15) is 5.69 Å². The Morgan fingerprint density at radius 2 is 1.79 bits per heavy atom. The molecule has 0 saturated carbocycles. The minimum absolute atomic E-state index is 0.229. The van der Waals surface area contributed by atoms with Crippen LogP contribution in [0.1, 0.15) is 21.6 Å². The van der Waals surface area contributed by atoms with Gasteiger partial charge < -0.3 is 10.1 Å². The Kier molecular flexibility index (Phi) is 2.80. The highest BCUT2D eigenvalue weighted by Gasteiger charge is 2.07. The molecule has 0 atom stereocenters. The molecule has 0 saturated heterocycles. The zero-order valence-corrected chi connectivity index (χ0v) is 10.3. The lowest BCUT2D eigenvalue weighted by Gasteiger charge is -2.01. The van der Waals surface area contributed by atoms with Crippen molar-refractivity contribution in [3.8, 4) is 0 Å². The third-order valence-electron chi connectivity index (χ3n) is 3.17. The van der Waals surface area contributed by atoms with E-state index in [1.54, 1.807) is 6.07 Å². The normalized spacial score (nSPS) is 10.7. The van der Waals surface area contributed by atoms with Gasteiger partial charge in [-0.15, -0.1) is 0 Å². The molecule has 3 rings (SSSR count). The number of benzene rings is 2. The van der Waals surface area contributed by atoms with Crippen molar-refractivity contribution >= 4 is 16.9 Å². The average Bonchev–Trinajstić information content (AvgIpc) is 2.83. The van der Waals surface area contributed by atoms with E-state index in [9.17, 15) is 4.79 Å². The van der Waals surface area contributed by atoms with Crippen molar-refractivity contribution in [1.82, 2.24) is 4.98 Å². The number of carboxylic acid groups (broad SMARTS) is 1. The van der Waals surface area contributed by atoms with Crippen molar-refractivity contribution in [3.63, 3.8) is 0 Å². The summed E-state index contributed by atoms with van der Waals surface area (Å²) in [5.74, 6) is -0.930. The molecule has 19 heavy (non-hydrogen) atoms. The van der Waals surface area contributed by atoms with Gasteiger partial charge in [-0.3, -0.25) is 0 Å². The standard InChI is InChI=1S/C16H13NO2/c18-16(19)15-10-13-7-6-12(9-14(13)17-15)8-11-4-2-1-3-5-11/h1-7,9-10,17H,8H2,(H,18,19). The van der Waals surface area contributed by atoms with Crippen LogP contribution in [0, 0.1) is 0 Å². The molecule has 0 amide bonds. The summed E-state index contributed by atoms with van der Waals surface area (Å²) in [5.41, 5.74) is 3.50. The van der Waals surface area contributed by atoms with E-state index in [2.05, 4.69) is 17.1 Å². The van der Waals surface area contributed by atoms with E-state index in [0.717, 1.165) is 22.9 Å². The van der Waals surface area contributed by atoms with Gasteiger partial charge >= 0.3 is 5.97 Å². The fourth-order valence-corrected chi connectivity index (χ4v) is 2.23. The molecule has 0 radical (unpaired) electrons. The van der Waals surface area contributed by atoms with E-state index in [1.165, 1.54) is 5.56 Å². The van der Waals surface area contributed by atoms with Crippen LogP contribution in [-0.4, -0.2) is 16.1 Å². The maximum atomic E-state index is 10.9. The molecule has 2 aromatic carbocycles. The van der Waals surface area contributed by atoms with Crippen molar-refractivity contribution in [2.45, 2.75) is 6.42 Å². The predicted molar refractivity (Wildman–Crippen MR) is 74.5 cm³/mol. The summed E-state index contributed by atoms with van der Waals surface area (Å²) in [6.07, 6.45) is 0.845. The first kappa shape index (κ1) is 11.5. The van der Waals surface area contributed by atoms with E-state index in [-0.39, 0.29) is 5.69 Å². The summed E-state index contributed by atoms with van der Waals surface area (Å²) in [7, 11) is 0. The largest absolute Gasteiger partial charge is 0.477 e. The molecule has 0 fully saturated rings. The number of carbonyl (C=O) groups is 1. The quantitative estimate of drug-likeness (QED) is 0.749. The van der Waals surface area contributed by atoms with Crippen molar-refractivity contribution in [2.75, 3.05) is 0 Å². The number of H-pyrrole nitrogens is 1. The molecule has 0 spiro atoms. The summed E-state index contributed by atoms with van der Waals surface area (Å²) >= 11 is 0. The second kappa shape index (κ2) is 4.61. The molecule has 2 N–H and O–H groups in total. The van der Waals surface area contributed by atoms with Gasteiger partial charge in [-0.25, -0.2) is 4.79 Å². The number of rotatable bonds is 3. The number of aromatic amines is 1. The predicted octanol–water partition coefficient (Wildman–Crippen LogP) is 3.46. The van der Waals surface area contributed by atoms with Crippen LogP contribution in [0.3, 0.4) is 0 Å². The summed E-state index contributed by atoms with van der Waals surface area (Å²) in [5, 5.41) is 9.88. The monoisotopic (exact) mass is 251 g/mol.